The number of hydrogen-bond acceptors (Lipinski definition) is 5. The SMILES string of the molecule is CNC(=O)c1ccc(NC(=O)COC(=O)c2ccc(-c3ccccc3F)o2)cc1. The Labute approximate surface area is 165 Å². The molecule has 0 saturated heterocycles. The van der Waals surface area contributed by atoms with Crippen molar-refractivity contribution in [3.63, 3.8) is 0 Å². The normalized spacial score (nSPS) is 10.3. The molecule has 0 unspecified atom stereocenters. The van der Waals surface area contributed by atoms with Crippen LogP contribution in [-0.4, -0.2) is 31.4 Å². The summed E-state index contributed by atoms with van der Waals surface area (Å²) in [5, 5.41) is 5.03. The van der Waals surface area contributed by atoms with Gasteiger partial charge in [-0.2, -0.15) is 0 Å². The molecular weight excluding hydrogens is 379 g/mol. The Balaban J connectivity index is 1.55. The van der Waals surface area contributed by atoms with Crippen LogP contribution < -0.4 is 10.6 Å². The smallest absolute Gasteiger partial charge is 0.374 e. The lowest BCUT2D eigenvalue weighted by atomic mass is 10.1. The van der Waals surface area contributed by atoms with Gasteiger partial charge in [0.1, 0.15) is 11.6 Å². The van der Waals surface area contributed by atoms with Gasteiger partial charge in [-0.25, -0.2) is 9.18 Å². The molecule has 1 aromatic heterocycles. The zero-order valence-electron chi connectivity index (χ0n) is 15.4. The summed E-state index contributed by atoms with van der Waals surface area (Å²) in [6.07, 6.45) is 0. The van der Waals surface area contributed by atoms with Crippen LogP contribution in [0.25, 0.3) is 11.3 Å². The summed E-state index contributed by atoms with van der Waals surface area (Å²) in [4.78, 5) is 35.5. The summed E-state index contributed by atoms with van der Waals surface area (Å²) in [6, 6.07) is 15.0. The second-order valence-corrected chi connectivity index (χ2v) is 5.92. The molecule has 0 saturated carbocycles. The molecule has 0 aliphatic carbocycles. The maximum atomic E-state index is 13.8. The Morgan fingerprint density at radius 1 is 1.00 bits per heavy atom. The summed E-state index contributed by atoms with van der Waals surface area (Å²) >= 11 is 0. The third kappa shape index (κ3) is 4.86. The van der Waals surface area contributed by atoms with Gasteiger partial charge in [0.15, 0.2) is 6.61 Å². The first-order valence-electron chi connectivity index (χ1n) is 8.62. The Morgan fingerprint density at radius 2 is 1.72 bits per heavy atom. The lowest BCUT2D eigenvalue weighted by Crippen LogP contribution is -2.21. The van der Waals surface area contributed by atoms with Crippen LogP contribution in [0.15, 0.2) is 65.1 Å². The van der Waals surface area contributed by atoms with Gasteiger partial charge < -0.3 is 19.8 Å². The van der Waals surface area contributed by atoms with Crippen LogP contribution in [0.1, 0.15) is 20.9 Å². The summed E-state index contributed by atoms with van der Waals surface area (Å²) in [5.41, 5.74) is 1.10. The molecule has 3 rings (SSSR count). The quantitative estimate of drug-likeness (QED) is 0.624. The van der Waals surface area contributed by atoms with Gasteiger partial charge in [-0.05, 0) is 48.5 Å². The van der Waals surface area contributed by atoms with E-state index in [1.54, 1.807) is 36.4 Å². The van der Waals surface area contributed by atoms with Crippen molar-refractivity contribution >= 4 is 23.5 Å². The molecule has 0 fully saturated rings. The molecule has 2 N–H and O–H groups in total. The van der Waals surface area contributed by atoms with E-state index in [9.17, 15) is 18.8 Å². The molecule has 2 aromatic carbocycles. The molecular formula is C21H17FN2O5. The summed E-state index contributed by atoms with van der Waals surface area (Å²) in [5.74, 6) is -2.11. The molecule has 0 spiro atoms. The highest BCUT2D eigenvalue weighted by Gasteiger charge is 2.17. The Kier molecular flexibility index (Phi) is 6.03. The number of carbonyl (C=O) groups excluding carboxylic acids is 3. The van der Waals surface area contributed by atoms with E-state index in [0.717, 1.165) is 0 Å². The number of anilines is 1. The first-order chi connectivity index (χ1) is 14.0. The van der Waals surface area contributed by atoms with Crippen molar-refractivity contribution in [2.24, 2.45) is 0 Å². The maximum Gasteiger partial charge on any atom is 0.374 e. The molecule has 148 valence electrons. The maximum absolute atomic E-state index is 13.8. The highest BCUT2D eigenvalue weighted by atomic mass is 19.1. The van der Waals surface area contributed by atoms with E-state index in [4.69, 9.17) is 9.15 Å². The van der Waals surface area contributed by atoms with Gasteiger partial charge >= 0.3 is 5.97 Å². The third-order valence-electron chi connectivity index (χ3n) is 3.94. The van der Waals surface area contributed by atoms with Gasteiger partial charge in [-0.1, -0.05) is 12.1 Å². The van der Waals surface area contributed by atoms with E-state index >= 15 is 0 Å². The van der Waals surface area contributed by atoms with Gasteiger partial charge in [0.2, 0.25) is 5.76 Å². The summed E-state index contributed by atoms with van der Waals surface area (Å²) < 4.78 is 24.0. The molecule has 0 atom stereocenters. The molecule has 0 bridgehead atoms. The van der Waals surface area contributed by atoms with E-state index in [1.165, 1.54) is 31.3 Å². The molecule has 8 heteroatoms. The van der Waals surface area contributed by atoms with Crippen molar-refractivity contribution in [2.75, 3.05) is 19.0 Å². The van der Waals surface area contributed by atoms with E-state index in [0.29, 0.717) is 11.3 Å². The van der Waals surface area contributed by atoms with Gasteiger partial charge in [-0.15, -0.1) is 0 Å². The fourth-order valence-electron chi connectivity index (χ4n) is 2.50. The van der Waals surface area contributed by atoms with E-state index in [-0.39, 0.29) is 23.0 Å². The summed E-state index contributed by atoms with van der Waals surface area (Å²) in [7, 11) is 1.52. The third-order valence-corrected chi connectivity index (χ3v) is 3.94. The zero-order valence-corrected chi connectivity index (χ0v) is 15.4. The van der Waals surface area contributed by atoms with Crippen LogP contribution in [0.3, 0.4) is 0 Å². The van der Waals surface area contributed by atoms with Crippen molar-refractivity contribution in [3.8, 4) is 11.3 Å². The number of rotatable bonds is 6. The highest BCUT2D eigenvalue weighted by molar-refractivity contribution is 5.96. The minimum absolute atomic E-state index is 0.147. The lowest BCUT2D eigenvalue weighted by Gasteiger charge is -2.07. The number of carbonyl (C=O) groups is 3. The first kappa shape index (κ1) is 19.8. The number of halogens is 1. The van der Waals surface area contributed by atoms with Gasteiger partial charge in [0.25, 0.3) is 11.8 Å². The molecule has 2 amide bonds. The second kappa shape index (κ2) is 8.83. The van der Waals surface area contributed by atoms with Gasteiger partial charge in [0.05, 0.1) is 5.56 Å². The first-order valence-corrected chi connectivity index (χ1v) is 8.62. The average molecular weight is 396 g/mol. The van der Waals surface area contributed by atoms with Crippen molar-refractivity contribution in [1.29, 1.82) is 0 Å². The number of furan rings is 1. The van der Waals surface area contributed by atoms with Crippen LogP contribution in [-0.2, 0) is 9.53 Å². The molecule has 29 heavy (non-hydrogen) atoms. The monoisotopic (exact) mass is 396 g/mol. The van der Waals surface area contributed by atoms with Crippen molar-refractivity contribution < 1.29 is 27.9 Å². The van der Waals surface area contributed by atoms with Crippen molar-refractivity contribution in [1.82, 2.24) is 5.32 Å². The summed E-state index contributed by atoms with van der Waals surface area (Å²) in [6.45, 7) is -0.536. The number of amides is 2. The van der Waals surface area contributed by atoms with Crippen molar-refractivity contribution in [2.45, 2.75) is 0 Å². The minimum atomic E-state index is -0.849. The topological polar surface area (TPSA) is 97.6 Å². The molecule has 3 aromatic rings. The Hall–Kier alpha value is -3.94. The van der Waals surface area contributed by atoms with Crippen LogP contribution >= 0.6 is 0 Å². The molecule has 0 radical (unpaired) electrons. The predicted molar refractivity (Wildman–Crippen MR) is 103 cm³/mol. The predicted octanol–water partition coefficient (Wildman–Crippen LogP) is 3.24. The van der Waals surface area contributed by atoms with E-state index < -0.39 is 24.3 Å². The van der Waals surface area contributed by atoms with Crippen LogP contribution in [0, 0.1) is 5.82 Å². The number of esters is 1. The van der Waals surface area contributed by atoms with Gasteiger partial charge in [0, 0.05) is 18.3 Å². The van der Waals surface area contributed by atoms with E-state index in [2.05, 4.69) is 10.6 Å². The molecule has 0 aliphatic rings. The number of hydrogen-bond donors (Lipinski definition) is 2. The van der Waals surface area contributed by atoms with Crippen LogP contribution in [0.2, 0.25) is 0 Å². The number of benzene rings is 2. The van der Waals surface area contributed by atoms with Crippen molar-refractivity contribution in [3.05, 3.63) is 77.8 Å². The second-order valence-electron chi connectivity index (χ2n) is 5.92. The number of nitrogens with one attached hydrogen (secondary N) is 2. The van der Waals surface area contributed by atoms with Crippen LogP contribution in [0.5, 0.6) is 0 Å². The fourth-order valence-corrected chi connectivity index (χ4v) is 2.50. The zero-order chi connectivity index (χ0) is 20.8. The Bertz CT molecular complexity index is 1040. The minimum Gasteiger partial charge on any atom is -0.450 e. The lowest BCUT2D eigenvalue weighted by molar-refractivity contribution is -0.119. The van der Waals surface area contributed by atoms with Gasteiger partial charge in [-0.3, -0.25) is 9.59 Å². The highest BCUT2D eigenvalue weighted by Crippen LogP contribution is 2.25. The number of ether oxygens (including phenoxy) is 1. The Morgan fingerprint density at radius 3 is 2.41 bits per heavy atom. The molecule has 1 heterocycles. The average Bonchev–Trinajstić information content (AvgIpc) is 3.22. The standard InChI is InChI=1S/C21H17FN2O5/c1-23-20(26)13-6-8-14(9-7-13)24-19(25)12-28-21(27)18-11-10-17(29-18)15-4-2-3-5-16(15)22/h2-11H,12H2,1H3,(H,23,26)(H,24,25). The van der Waals surface area contributed by atoms with Crippen LogP contribution in [0.4, 0.5) is 10.1 Å². The molecule has 0 aliphatic heterocycles. The molecule has 7 nitrogen and oxygen atoms in total. The largest absolute Gasteiger partial charge is 0.450 e. The van der Waals surface area contributed by atoms with E-state index in [1.807, 2.05) is 0 Å². The fraction of sp³-hybridized carbons (Fsp3) is 0.0952.